The number of aliphatic carboxylic acids is 1. The van der Waals surface area contributed by atoms with Crippen LogP contribution in [0.5, 0.6) is 0 Å². The SMILES string of the molecule is CC1(C)CCN(C(=O)C(CCC(=O)O)NC(=O)OCC2c3ccccc3-c3ccccc32)CCS1. The van der Waals surface area contributed by atoms with Crippen LogP contribution in [0.1, 0.15) is 50.2 Å². The second kappa shape index (κ2) is 10.7. The highest BCUT2D eigenvalue weighted by Crippen LogP contribution is 2.44. The maximum Gasteiger partial charge on any atom is 0.407 e. The predicted octanol–water partition coefficient (Wildman–Crippen LogP) is 4.50. The number of benzene rings is 2. The van der Waals surface area contributed by atoms with Crippen LogP contribution in [0.3, 0.4) is 0 Å². The number of carbonyl (C=O) groups excluding carboxylic acids is 2. The van der Waals surface area contributed by atoms with E-state index >= 15 is 0 Å². The number of hydrogen-bond acceptors (Lipinski definition) is 5. The van der Waals surface area contributed by atoms with Crippen molar-refractivity contribution < 1.29 is 24.2 Å². The Kier molecular flexibility index (Phi) is 7.69. The summed E-state index contributed by atoms with van der Waals surface area (Å²) in [7, 11) is 0. The fourth-order valence-corrected chi connectivity index (χ4v) is 5.87. The maximum atomic E-state index is 13.3. The van der Waals surface area contributed by atoms with Crippen molar-refractivity contribution in [3.05, 3.63) is 59.7 Å². The molecule has 0 bridgehead atoms. The average molecular weight is 497 g/mol. The van der Waals surface area contributed by atoms with Crippen LogP contribution in [-0.4, -0.2) is 64.2 Å². The Labute approximate surface area is 210 Å². The van der Waals surface area contributed by atoms with Gasteiger partial charge in [0.05, 0.1) is 0 Å². The molecule has 2 aliphatic rings. The molecule has 1 unspecified atom stereocenters. The lowest BCUT2D eigenvalue weighted by Gasteiger charge is -2.27. The van der Waals surface area contributed by atoms with E-state index < -0.39 is 18.1 Å². The van der Waals surface area contributed by atoms with E-state index in [0.29, 0.717) is 13.1 Å². The van der Waals surface area contributed by atoms with Crippen molar-refractivity contribution in [2.24, 2.45) is 0 Å². The van der Waals surface area contributed by atoms with Gasteiger partial charge in [-0.15, -0.1) is 0 Å². The second-order valence-corrected chi connectivity index (χ2v) is 11.4. The minimum absolute atomic E-state index is 0.0192. The number of thioether (sulfide) groups is 1. The smallest absolute Gasteiger partial charge is 0.407 e. The Balaban J connectivity index is 1.42. The summed E-state index contributed by atoms with van der Waals surface area (Å²) in [6.45, 7) is 5.59. The van der Waals surface area contributed by atoms with Crippen LogP contribution < -0.4 is 5.32 Å². The first kappa shape index (κ1) is 25.1. The van der Waals surface area contributed by atoms with Gasteiger partial charge in [-0.3, -0.25) is 9.59 Å². The third kappa shape index (κ3) is 5.99. The van der Waals surface area contributed by atoms with Gasteiger partial charge in [0, 0.05) is 35.9 Å². The van der Waals surface area contributed by atoms with E-state index in [-0.39, 0.29) is 36.0 Å². The monoisotopic (exact) mass is 496 g/mol. The van der Waals surface area contributed by atoms with Crippen molar-refractivity contribution in [2.75, 3.05) is 25.4 Å². The zero-order chi connectivity index (χ0) is 25.0. The second-order valence-electron chi connectivity index (χ2n) is 9.64. The highest BCUT2D eigenvalue weighted by atomic mass is 32.2. The lowest BCUT2D eigenvalue weighted by Crippen LogP contribution is -2.49. The molecule has 2 aromatic rings. The first-order valence-corrected chi connectivity index (χ1v) is 13.0. The molecule has 2 aromatic carbocycles. The number of fused-ring (bicyclic) bond motifs is 3. The quantitative estimate of drug-likeness (QED) is 0.586. The van der Waals surface area contributed by atoms with Gasteiger partial charge in [0.15, 0.2) is 0 Å². The number of carbonyl (C=O) groups is 3. The van der Waals surface area contributed by atoms with Gasteiger partial charge >= 0.3 is 12.1 Å². The number of nitrogens with one attached hydrogen (secondary N) is 1. The van der Waals surface area contributed by atoms with Crippen LogP contribution in [0.15, 0.2) is 48.5 Å². The number of ether oxygens (including phenoxy) is 1. The molecular formula is C27H32N2O5S. The van der Waals surface area contributed by atoms with Gasteiger partial charge in [0.1, 0.15) is 12.6 Å². The van der Waals surface area contributed by atoms with Crippen LogP contribution in [0.2, 0.25) is 0 Å². The van der Waals surface area contributed by atoms with Crippen LogP contribution >= 0.6 is 11.8 Å². The Morgan fingerprint density at radius 3 is 2.34 bits per heavy atom. The van der Waals surface area contributed by atoms with E-state index in [1.807, 2.05) is 48.2 Å². The van der Waals surface area contributed by atoms with Crippen molar-refractivity contribution in [1.82, 2.24) is 10.2 Å². The molecule has 0 saturated carbocycles. The number of alkyl carbamates (subject to hydrolysis) is 1. The molecule has 8 heteroatoms. The summed E-state index contributed by atoms with van der Waals surface area (Å²) in [6.07, 6.45) is -0.0698. The molecule has 1 aliphatic heterocycles. The van der Waals surface area contributed by atoms with Gasteiger partial charge in [-0.25, -0.2) is 4.79 Å². The van der Waals surface area contributed by atoms with Gasteiger partial charge in [-0.2, -0.15) is 11.8 Å². The topological polar surface area (TPSA) is 95.9 Å². The summed E-state index contributed by atoms with van der Waals surface area (Å²) in [4.78, 5) is 39.0. The highest BCUT2D eigenvalue weighted by molar-refractivity contribution is 8.00. The summed E-state index contributed by atoms with van der Waals surface area (Å²) in [5, 5.41) is 11.8. The van der Waals surface area contributed by atoms with Crippen molar-refractivity contribution >= 4 is 29.7 Å². The Morgan fingerprint density at radius 2 is 1.71 bits per heavy atom. The van der Waals surface area contributed by atoms with E-state index in [0.717, 1.165) is 34.4 Å². The molecular weight excluding hydrogens is 464 g/mol. The normalized spacial score (nSPS) is 17.6. The van der Waals surface area contributed by atoms with Crippen LogP contribution in [-0.2, 0) is 14.3 Å². The van der Waals surface area contributed by atoms with Crippen molar-refractivity contribution in [3.8, 4) is 11.1 Å². The molecule has 35 heavy (non-hydrogen) atoms. The Morgan fingerprint density at radius 1 is 1.09 bits per heavy atom. The minimum Gasteiger partial charge on any atom is -0.481 e. The molecule has 1 fully saturated rings. The van der Waals surface area contributed by atoms with Crippen molar-refractivity contribution in [2.45, 2.75) is 49.8 Å². The first-order chi connectivity index (χ1) is 16.7. The zero-order valence-corrected chi connectivity index (χ0v) is 21.0. The van der Waals surface area contributed by atoms with E-state index in [1.165, 1.54) is 0 Å². The fourth-order valence-electron chi connectivity index (χ4n) is 4.77. The summed E-state index contributed by atoms with van der Waals surface area (Å²) < 4.78 is 5.68. The number of hydrogen-bond donors (Lipinski definition) is 2. The summed E-state index contributed by atoms with van der Waals surface area (Å²) in [5.41, 5.74) is 4.47. The van der Waals surface area contributed by atoms with Crippen molar-refractivity contribution in [3.63, 3.8) is 0 Å². The third-order valence-electron chi connectivity index (χ3n) is 6.73. The maximum absolute atomic E-state index is 13.3. The molecule has 186 valence electrons. The lowest BCUT2D eigenvalue weighted by atomic mass is 9.98. The molecule has 7 nitrogen and oxygen atoms in total. The first-order valence-electron chi connectivity index (χ1n) is 12.0. The van der Waals surface area contributed by atoms with Crippen LogP contribution in [0, 0.1) is 0 Å². The molecule has 0 radical (unpaired) electrons. The molecule has 4 rings (SSSR count). The summed E-state index contributed by atoms with van der Waals surface area (Å²) in [6, 6.07) is 15.2. The molecule has 0 spiro atoms. The third-order valence-corrected chi connectivity index (χ3v) is 8.10. The average Bonchev–Trinajstić information content (AvgIpc) is 3.03. The predicted molar refractivity (Wildman–Crippen MR) is 137 cm³/mol. The molecule has 2 N–H and O–H groups in total. The number of rotatable bonds is 7. The van der Waals surface area contributed by atoms with Crippen LogP contribution in [0.4, 0.5) is 4.79 Å². The zero-order valence-electron chi connectivity index (χ0n) is 20.2. The van der Waals surface area contributed by atoms with E-state index in [4.69, 9.17) is 9.84 Å². The van der Waals surface area contributed by atoms with Gasteiger partial charge in [-0.1, -0.05) is 62.4 Å². The number of nitrogens with zero attached hydrogens (tertiary/aromatic N) is 1. The molecule has 1 atom stereocenters. The van der Waals surface area contributed by atoms with Gasteiger partial charge in [-0.05, 0) is 35.1 Å². The molecule has 1 aliphatic carbocycles. The lowest BCUT2D eigenvalue weighted by molar-refractivity contribution is -0.138. The standard InChI is InChI=1S/C27H32N2O5S/c1-27(2)13-14-29(15-16-35-27)25(32)23(11-12-24(30)31)28-26(33)34-17-22-20-9-5-3-7-18(20)19-8-4-6-10-21(19)22/h3-10,22-23H,11-17H2,1-2H3,(H,28,33)(H,30,31). The van der Waals surface area contributed by atoms with Gasteiger partial charge in [0.2, 0.25) is 5.91 Å². The minimum atomic E-state index is -1.01. The van der Waals surface area contributed by atoms with E-state index in [1.54, 1.807) is 4.90 Å². The summed E-state index contributed by atoms with van der Waals surface area (Å²) in [5.74, 6) is -0.552. The fraction of sp³-hybridized carbons (Fsp3) is 0.444. The van der Waals surface area contributed by atoms with E-state index in [2.05, 4.69) is 31.3 Å². The highest BCUT2D eigenvalue weighted by Gasteiger charge is 2.32. The number of carboxylic acids is 1. The van der Waals surface area contributed by atoms with E-state index in [9.17, 15) is 14.4 Å². The summed E-state index contributed by atoms with van der Waals surface area (Å²) >= 11 is 1.82. The molecule has 2 amide bonds. The Hall–Kier alpha value is -3.00. The Bertz CT molecular complexity index is 1060. The van der Waals surface area contributed by atoms with Gasteiger partial charge < -0.3 is 20.1 Å². The van der Waals surface area contributed by atoms with Crippen LogP contribution in [0.25, 0.3) is 11.1 Å². The van der Waals surface area contributed by atoms with Gasteiger partial charge in [0.25, 0.3) is 0 Å². The molecule has 1 saturated heterocycles. The molecule has 0 aromatic heterocycles. The van der Waals surface area contributed by atoms with Crippen molar-refractivity contribution in [1.29, 1.82) is 0 Å². The number of amides is 2. The largest absolute Gasteiger partial charge is 0.481 e. The molecule has 1 heterocycles. The number of carboxylic acid groups (broad SMARTS) is 1.